The number of hydrogen-bond donors (Lipinski definition) is 0. The molecular formula is C23H28N4O3. The van der Waals surface area contributed by atoms with E-state index >= 15 is 0 Å². The number of hydrogen-bond acceptors (Lipinski definition) is 5. The minimum atomic E-state index is -0.751. The van der Waals surface area contributed by atoms with Crippen LogP contribution in [0.2, 0.25) is 0 Å². The molecule has 0 spiro atoms. The van der Waals surface area contributed by atoms with Crippen LogP contribution in [0.3, 0.4) is 0 Å². The third-order valence-electron chi connectivity index (χ3n) is 5.55. The summed E-state index contributed by atoms with van der Waals surface area (Å²) < 4.78 is 0. The first-order valence-electron chi connectivity index (χ1n) is 10.6. The Balaban J connectivity index is 1.64. The minimum Gasteiger partial charge on any atom is -0.281 e. The molecule has 1 aromatic carbocycles. The first kappa shape index (κ1) is 21.7. The van der Waals surface area contributed by atoms with Crippen LogP contribution < -0.4 is 0 Å². The number of amides is 4. The summed E-state index contributed by atoms with van der Waals surface area (Å²) in [6.45, 7) is 3.57. The van der Waals surface area contributed by atoms with Crippen molar-refractivity contribution < 1.29 is 14.4 Å². The molecule has 1 heterocycles. The third kappa shape index (κ3) is 5.14. The summed E-state index contributed by atoms with van der Waals surface area (Å²) in [4.78, 5) is 41.8. The molecule has 1 aliphatic heterocycles. The van der Waals surface area contributed by atoms with Gasteiger partial charge in [-0.1, -0.05) is 30.7 Å². The second kappa shape index (κ2) is 10.2. The van der Waals surface area contributed by atoms with Crippen LogP contribution in [0.5, 0.6) is 0 Å². The number of carbonyl (C=O) groups excluding carboxylic acids is 3. The number of imide groups is 2. The Bertz CT molecular complexity index is 869. The van der Waals surface area contributed by atoms with Crippen LogP contribution >= 0.6 is 0 Å². The predicted molar refractivity (Wildman–Crippen MR) is 112 cm³/mol. The van der Waals surface area contributed by atoms with Crippen molar-refractivity contribution in [3.05, 3.63) is 47.0 Å². The molecule has 3 rings (SSSR count). The average molecular weight is 409 g/mol. The number of benzene rings is 1. The Morgan fingerprint density at radius 2 is 1.80 bits per heavy atom. The van der Waals surface area contributed by atoms with E-state index in [1.807, 2.05) is 24.0 Å². The molecule has 4 amide bonds. The molecule has 0 N–H and O–H groups in total. The van der Waals surface area contributed by atoms with Crippen LogP contribution in [-0.4, -0.2) is 52.3 Å². The molecule has 0 unspecified atom stereocenters. The van der Waals surface area contributed by atoms with E-state index in [4.69, 9.17) is 5.26 Å². The van der Waals surface area contributed by atoms with E-state index in [-0.39, 0.29) is 13.2 Å². The van der Waals surface area contributed by atoms with Crippen LogP contribution in [0.4, 0.5) is 4.79 Å². The SMILES string of the molecule is CCCN(Cc1ccc(C#N)cc1)CN1C(=O)C(=O)N(CCC2=CCCCC2)C1=O. The Hall–Kier alpha value is -2.98. The van der Waals surface area contributed by atoms with Crippen molar-refractivity contribution in [2.75, 3.05) is 19.8 Å². The zero-order valence-corrected chi connectivity index (χ0v) is 17.5. The predicted octanol–water partition coefficient (Wildman–Crippen LogP) is 3.41. The molecule has 7 heteroatoms. The Morgan fingerprint density at radius 1 is 1.07 bits per heavy atom. The largest absolute Gasteiger partial charge is 0.335 e. The van der Waals surface area contributed by atoms with E-state index in [0.717, 1.165) is 41.0 Å². The smallest absolute Gasteiger partial charge is 0.281 e. The summed E-state index contributed by atoms with van der Waals surface area (Å²) in [7, 11) is 0. The average Bonchev–Trinajstić information content (AvgIpc) is 2.96. The monoisotopic (exact) mass is 408 g/mol. The van der Waals surface area contributed by atoms with E-state index < -0.39 is 17.8 Å². The van der Waals surface area contributed by atoms with E-state index in [1.54, 1.807) is 12.1 Å². The lowest BCUT2D eigenvalue weighted by Gasteiger charge is -2.26. The summed E-state index contributed by atoms with van der Waals surface area (Å²) in [6.07, 6.45) is 8.05. The van der Waals surface area contributed by atoms with Crippen molar-refractivity contribution in [1.29, 1.82) is 5.26 Å². The van der Waals surface area contributed by atoms with Crippen molar-refractivity contribution in [1.82, 2.24) is 14.7 Å². The van der Waals surface area contributed by atoms with Gasteiger partial charge in [-0.3, -0.25) is 19.4 Å². The topological polar surface area (TPSA) is 84.7 Å². The van der Waals surface area contributed by atoms with Gasteiger partial charge in [0.05, 0.1) is 18.3 Å². The van der Waals surface area contributed by atoms with Crippen LogP contribution in [0.1, 0.15) is 56.6 Å². The molecule has 7 nitrogen and oxygen atoms in total. The number of carbonyl (C=O) groups is 3. The first-order valence-corrected chi connectivity index (χ1v) is 10.6. The summed E-state index contributed by atoms with van der Waals surface area (Å²) in [5, 5.41) is 8.94. The van der Waals surface area contributed by atoms with E-state index in [9.17, 15) is 14.4 Å². The van der Waals surface area contributed by atoms with Crippen LogP contribution in [0.25, 0.3) is 0 Å². The summed E-state index contributed by atoms with van der Waals surface area (Å²) in [5.41, 5.74) is 2.83. The van der Waals surface area contributed by atoms with Crippen molar-refractivity contribution in [2.24, 2.45) is 0 Å². The molecule has 1 fully saturated rings. The summed E-state index contributed by atoms with van der Waals surface area (Å²) in [6, 6.07) is 8.79. The molecule has 30 heavy (non-hydrogen) atoms. The summed E-state index contributed by atoms with van der Waals surface area (Å²) in [5.74, 6) is -1.48. The fraction of sp³-hybridized carbons (Fsp3) is 0.478. The van der Waals surface area contributed by atoms with Gasteiger partial charge >= 0.3 is 17.8 Å². The maximum absolute atomic E-state index is 12.8. The second-order valence-electron chi connectivity index (χ2n) is 7.83. The van der Waals surface area contributed by atoms with Crippen molar-refractivity contribution in [2.45, 2.75) is 52.0 Å². The molecule has 0 radical (unpaired) electrons. The highest BCUT2D eigenvalue weighted by atomic mass is 16.2. The summed E-state index contributed by atoms with van der Waals surface area (Å²) >= 11 is 0. The molecule has 0 aromatic heterocycles. The molecule has 0 atom stereocenters. The zero-order valence-electron chi connectivity index (χ0n) is 17.5. The van der Waals surface area contributed by atoms with Gasteiger partial charge in [0.15, 0.2) is 0 Å². The standard InChI is InChI=1S/C23H28N4O3/c1-2-13-25(16-20-10-8-19(15-24)9-11-20)17-27-22(29)21(28)26(23(27)30)14-12-18-6-4-3-5-7-18/h6,8-11H,2-5,7,12-14,16-17H2,1H3. The van der Waals surface area contributed by atoms with Crippen LogP contribution in [0, 0.1) is 11.3 Å². The third-order valence-corrected chi connectivity index (χ3v) is 5.55. The Morgan fingerprint density at radius 3 is 2.43 bits per heavy atom. The molecule has 158 valence electrons. The van der Waals surface area contributed by atoms with E-state index in [2.05, 4.69) is 12.1 Å². The van der Waals surface area contributed by atoms with Gasteiger partial charge in [0.2, 0.25) is 0 Å². The number of rotatable bonds is 9. The van der Waals surface area contributed by atoms with Gasteiger partial charge in [-0.25, -0.2) is 9.69 Å². The number of urea groups is 1. The highest BCUT2D eigenvalue weighted by Gasteiger charge is 2.44. The van der Waals surface area contributed by atoms with E-state index in [0.29, 0.717) is 25.1 Å². The van der Waals surface area contributed by atoms with E-state index in [1.165, 1.54) is 12.0 Å². The van der Waals surface area contributed by atoms with Crippen molar-refractivity contribution in [3.63, 3.8) is 0 Å². The first-order chi connectivity index (χ1) is 14.5. The van der Waals surface area contributed by atoms with Crippen molar-refractivity contribution >= 4 is 17.8 Å². The molecule has 1 aliphatic carbocycles. The van der Waals surface area contributed by atoms with Gasteiger partial charge in [0, 0.05) is 13.1 Å². The lowest BCUT2D eigenvalue weighted by Crippen LogP contribution is -2.42. The lowest BCUT2D eigenvalue weighted by atomic mass is 9.97. The van der Waals surface area contributed by atoms with Crippen molar-refractivity contribution in [3.8, 4) is 6.07 Å². The maximum Gasteiger partial charge on any atom is 0.335 e. The molecule has 0 bridgehead atoms. The molecule has 0 saturated carbocycles. The van der Waals surface area contributed by atoms with Crippen LogP contribution in [-0.2, 0) is 16.1 Å². The van der Waals surface area contributed by atoms with Gasteiger partial charge in [-0.2, -0.15) is 5.26 Å². The molecular weight excluding hydrogens is 380 g/mol. The number of allylic oxidation sites excluding steroid dienone is 1. The van der Waals surface area contributed by atoms with Gasteiger partial charge in [-0.15, -0.1) is 0 Å². The highest BCUT2D eigenvalue weighted by Crippen LogP contribution is 2.22. The second-order valence-corrected chi connectivity index (χ2v) is 7.83. The fourth-order valence-corrected chi connectivity index (χ4v) is 3.92. The number of nitrogens with zero attached hydrogens (tertiary/aromatic N) is 4. The van der Waals surface area contributed by atoms with Gasteiger partial charge in [-0.05, 0) is 62.8 Å². The number of nitriles is 1. The fourth-order valence-electron chi connectivity index (χ4n) is 3.92. The van der Waals surface area contributed by atoms with Gasteiger partial charge in [0.1, 0.15) is 0 Å². The normalized spacial score (nSPS) is 17.0. The maximum atomic E-state index is 12.8. The molecule has 1 aromatic rings. The highest BCUT2D eigenvalue weighted by molar-refractivity contribution is 6.44. The quantitative estimate of drug-likeness (QED) is 0.355. The minimum absolute atomic E-state index is 0.0798. The molecule has 1 saturated heterocycles. The van der Waals surface area contributed by atoms with Gasteiger partial charge < -0.3 is 0 Å². The lowest BCUT2D eigenvalue weighted by molar-refractivity contribution is -0.144. The zero-order chi connectivity index (χ0) is 21.5. The Labute approximate surface area is 177 Å². The molecule has 2 aliphatic rings. The van der Waals surface area contributed by atoms with Crippen LogP contribution in [0.15, 0.2) is 35.9 Å². The Kier molecular flexibility index (Phi) is 7.36. The van der Waals surface area contributed by atoms with Gasteiger partial charge in [0.25, 0.3) is 0 Å².